The molecule has 3 N–H and O–H groups in total. The standard InChI is InChI=1S/C21H26N4O4/c1-12(2)10-16-19(26)23-17(18(22)25(16)28)14-11-24(20(27)29-21(3,4)5)15-9-7-6-8-13(14)15/h6-9,11-12H,10,22H2,1-5H3,(H,23,26). The summed E-state index contributed by atoms with van der Waals surface area (Å²) in [6.07, 6.45) is 1.28. The average Bonchev–Trinajstić information content (AvgIpc) is 3.00. The van der Waals surface area contributed by atoms with Gasteiger partial charge in [0.1, 0.15) is 11.3 Å². The Hall–Kier alpha value is -3.29. The van der Waals surface area contributed by atoms with Gasteiger partial charge in [-0.05, 0) is 32.8 Å². The van der Waals surface area contributed by atoms with E-state index in [-0.39, 0.29) is 23.1 Å². The van der Waals surface area contributed by atoms with Crippen LogP contribution >= 0.6 is 0 Å². The number of nitrogens with one attached hydrogen (secondary N) is 1. The Morgan fingerprint density at radius 2 is 1.97 bits per heavy atom. The number of nitrogens with zero attached hydrogens (tertiary/aromatic N) is 2. The zero-order valence-electron chi connectivity index (χ0n) is 17.3. The number of H-pyrrole nitrogens is 1. The van der Waals surface area contributed by atoms with Gasteiger partial charge < -0.3 is 14.9 Å². The number of nitrogen functional groups attached to an aromatic ring is 1. The molecule has 0 aliphatic carbocycles. The summed E-state index contributed by atoms with van der Waals surface area (Å²) in [4.78, 5) is 28.0. The lowest BCUT2D eigenvalue weighted by atomic mass is 10.1. The summed E-state index contributed by atoms with van der Waals surface area (Å²) in [5.41, 5.74) is 6.23. The fourth-order valence-corrected chi connectivity index (χ4v) is 3.20. The monoisotopic (exact) mass is 398 g/mol. The zero-order valence-corrected chi connectivity index (χ0v) is 17.3. The van der Waals surface area contributed by atoms with E-state index in [0.29, 0.717) is 27.6 Å². The van der Waals surface area contributed by atoms with Gasteiger partial charge in [-0.1, -0.05) is 32.0 Å². The first-order valence-corrected chi connectivity index (χ1v) is 9.47. The van der Waals surface area contributed by atoms with Crippen molar-refractivity contribution in [1.29, 1.82) is 0 Å². The van der Waals surface area contributed by atoms with E-state index in [2.05, 4.69) is 4.98 Å². The maximum absolute atomic E-state index is 12.7. The second kappa shape index (κ2) is 7.27. The second-order valence-corrected chi connectivity index (χ2v) is 8.46. The second-order valence-electron chi connectivity index (χ2n) is 8.46. The summed E-state index contributed by atoms with van der Waals surface area (Å²) in [6.45, 7) is 9.16. The fraction of sp³-hybridized carbons (Fsp3) is 0.381. The van der Waals surface area contributed by atoms with Gasteiger partial charge in [0.25, 0.3) is 5.56 Å². The number of aromatic nitrogens is 3. The Balaban J connectivity index is 2.22. The lowest BCUT2D eigenvalue weighted by Gasteiger charge is -2.19. The number of carbonyl (C=O) groups excluding carboxylic acids is 1. The van der Waals surface area contributed by atoms with Crippen LogP contribution in [0.2, 0.25) is 0 Å². The van der Waals surface area contributed by atoms with E-state index in [4.69, 9.17) is 10.5 Å². The highest BCUT2D eigenvalue weighted by Crippen LogP contribution is 2.31. The summed E-state index contributed by atoms with van der Waals surface area (Å²) in [7, 11) is 0. The van der Waals surface area contributed by atoms with E-state index >= 15 is 0 Å². The SMILES string of the molecule is CC(C)Cc1c(=O)[nH]c(-c2cn(C(=O)OC(C)(C)C)c3ccccc23)c(N)[n+]1[O-]. The van der Waals surface area contributed by atoms with Gasteiger partial charge in [0.2, 0.25) is 0 Å². The van der Waals surface area contributed by atoms with Crippen LogP contribution in [-0.2, 0) is 11.2 Å². The van der Waals surface area contributed by atoms with E-state index in [1.54, 1.807) is 45.0 Å². The summed E-state index contributed by atoms with van der Waals surface area (Å²) in [5.74, 6) is 0.00275. The van der Waals surface area contributed by atoms with Crippen LogP contribution in [-0.4, -0.2) is 21.2 Å². The summed E-state index contributed by atoms with van der Waals surface area (Å²) in [6, 6.07) is 7.15. The molecular formula is C21H26N4O4. The van der Waals surface area contributed by atoms with E-state index in [9.17, 15) is 14.8 Å². The quantitative estimate of drug-likeness (QED) is 0.519. The van der Waals surface area contributed by atoms with Gasteiger partial charge in [0.15, 0.2) is 5.69 Å². The third-order valence-corrected chi connectivity index (χ3v) is 4.39. The number of fused-ring (bicyclic) bond motifs is 1. The Bertz CT molecular complexity index is 1140. The predicted octanol–water partition coefficient (Wildman–Crippen LogP) is 3.19. The number of benzene rings is 1. The van der Waals surface area contributed by atoms with E-state index in [0.717, 1.165) is 0 Å². The molecule has 0 spiro atoms. The van der Waals surface area contributed by atoms with Crippen molar-refractivity contribution in [3.63, 3.8) is 0 Å². The zero-order chi connectivity index (χ0) is 21.5. The molecule has 8 heteroatoms. The smallest absolute Gasteiger partial charge is 0.419 e. The van der Waals surface area contributed by atoms with Crippen LogP contribution in [0, 0.1) is 11.1 Å². The fourth-order valence-electron chi connectivity index (χ4n) is 3.20. The molecule has 0 saturated carbocycles. The van der Waals surface area contributed by atoms with Gasteiger partial charge in [-0.2, -0.15) is 0 Å². The van der Waals surface area contributed by atoms with E-state index in [1.165, 1.54) is 10.8 Å². The number of anilines is 1. The molecule has 0 amide bonds. The van der Waals surface area contributed by atoms with Gasteiger partial charge >= 0.3 is 11.9 Å². The van der Waals surface area contributed by atoms with Gasteiger partial charge in [0.05, 0.1) is 5.52 Å². The highest BCUT2D eigenvalue weighted by atomic mass is 16.6. The Morgan fingerprint density at radius 3 is 2.59 bits per heavy atom. The molecule has 2 heterocycles. The van der Waals surface area contributed by atoms with Gasteiger partial charge in [0, 0.05) is 23.6 Å². The maximum atomic E-state index is 12.7. The number of aromatic amines is 1. The van der Waals surface area contributed by atoms with Gasteiger partial charge in [-0.3, -0.25) is 15.1 Å². The molecular weight excluding hydrogens is 372 g/mol. The van der Waals surface area contributed by atoms with Crippen LogP contribution in [0.15, 0.2) is 35.3 Å². The minimum atomic E-state index is -0.674. The maximum Gasteiger partial charge on any atom is 0.419 e. The molecule has 29 heavy (non-hydrogen) atoms. The third kappa shape index (κ3) is 3.96. The molecule has 8 nitrogen and oxygen atoms in total. The summed E-state index contributed by atoms with van der Waals surface area (Å²) >= 11 is 0. The van der Waals surface area contributed by atoms with E-state index < -0.39 is 17.3 Å². The van der Waals surface area contributed by atoms with Crippen LogP contribution in [0.5, 0.6) is 0 Å². The number of hydrogen-bond donors (Lipinski definition) is 2. The summed E-state index contributed by atoms with van der Waals surface area (Å²) < 4.78 is 7.31. The molecule has 0 saturated heterocycles. The minimum absolute atomic E-state index is 0.0668. The largest absolute Gasteiger partial charge is 0.710 e. The van der Waals surface area contributed by atoms with Crippen molar-refractivity contribution >= 4 is 22.8 Å². The van der Waals surface area contributed by atoms with Crippen molar-refractivity contribution in [3.05, 3.63) is 51.7 Å². The summed E-state index contributed by atoms with van der Waals surface area (Å²) in [5, 5.41) is 13.3. The number of nitrogens with two attached hydrogens (primary N) is 1. The molecule has 3 aromatic rings. The topological polar surface area (TPSA) is 117 Å². The number of para-hydroxylation sites is 1. The number of carbonyl (C=O) groups is 1. The Morgan fingerprint density at radius 1 is 1.31 bits per heavy atom. The van der Waals surface area contributed by atoms with Crippen molar-refractivity contribution in [2.75, 3.05) is 5.73 Å². The highest BCUT2D eigenvalue weighted by Gasteiger charge is 2.25. The first-order chi connectivity index (χ1) is 13.5. The van der Waals surface area contributed by atoms with Crippen LogP contribution in [0.1, 0.15) is 40.3 Å². The van der Waals surface area contributed by atoms with Gasteiger partial charge in [-0.25, -0.2) is 9.52 Å². The third-order valence-electron chi connectivity index (χ3n) is 4.39. The molecule has 2 aromatic heterocycles. The first-order valence-electron chi connectivity index (χ1n) is 9.47. The molecule has 0 fully saturated rings. The molecule has 154 valence electrons. The van der Waals surface area contributed by atoms with Gasteiger partial charge in [-0.15, -0.1) is 0 Å². The lowest BCUT2D eigenvalue weighted by molar-refractivity contribution is -0.600. The predicted molar refractivity (Wildman–Crippen MR) is 112 cm³/mol. The van der Waals surface area contributed by atoms with E-state index in [1.807, 2.05) is 13.8 Å². The number of hydrogen-bond acceptors (Lipinski definition) is 5. The first kappa shape index (κ1) is 20.4. The molecule has 0 aliphatic heterocycles. The highest BCUT2D eigenvalue weighted by molar-refractivity contribution is 6.01. The minimum Gasteiger partial charge on any atom is -0.710 e. The van der Waals surface area contributed by atoms with Crippen molar-refractivity contribution in [1.82, 2.24) is 9.55 Å². The van der Waals surface area contributed by atoms with Crippen molar-refractivity contribution < 1.29 is 14.3 Å². The number of ether oxygens (including phenoxy) is 1. The van der Waals surface area contributed by atoms with Crippen LogP contribution in [0.25, 0.3) is 22.2 Å². The molecule has 0 atom stereocenters. The van der Waals surface area contributed by atoms with Crippen LogP contribution < -0.4 is 16.0 Å². The van der Waals surface area contributed by atoms with Crippen LogP contribution in [0.4, 0.5) is 10.6 Å². The Labute approximate surface area is 168 Å². The lowest BCUT2D eigenvalue weighted by Crippen LogP contribution is -2.43. The van der Waals surface area contributed by atoms with Crippen molar-refractivity contribution in [2.45, 2.75) is 46.6 Å². The van der Waals surface area contributed by atoms with Crippen molar-refractivity contribution in [3.8, 4) is 11.3 Å². The number of rotatable bonds is 3. The molecule has 0 bridgehead atoms. The van der Waals surface area contributed by atoms with Crippen molar-refractivity contribution in [2.24, 2.45) is 5.92 Å². The van der Waals surface area contributed by atoms with Crippen LogP contribution in [0.3, 0.4) is 0 Å². The molecule has 0 aliphatic rings. The molecule has 1 aromatic carbocycles. The molecule has 0 unspecified atom stereocenters. The average molecular weight is 398 g/mol. The normalized spacial score (nSPS) is 11.9. The Kier molecular flexibility index (Phi) is 5.13. The molecule has 3 rings (SSSR count). The molecule has 0 radical (unpaired) electrons.